The first kappa shape index (κ1) is 15.0. The summed E-state index contributed by atoms with van der Waals surface area (Å²) in [6.45, 7) is 7.71. The van der Waals surface area contributed by atoms with E-state index in [0.717, 1.165) is 25.1 Å². The number of hydrogen-bond donors (Lipinski definition) is 1. The molecule has 20 heavy (non-hydrogen) atoms. The molecule has 5 nitrogen and oxygen atoms in total. The Labute approximate surface area is 121 Å². The van der Waals surface area contributed by atoms with E-state index in [1.165, 1.54) is 0 Å². The van der Waals surface area contributed by atoms with Gasteiger partial charge in [-0.1, -0.05) is 20.8 Å². The van der Waals surface area contributed by atoms with Crippen molar-refractivity contribution in [3.8, 4) is 0 Å². The second-order valence-corrected chi connectivity index (χ2v) is 6.15. The fraction of sp³-hybridized carbons (Fsp3) is 0.733. The van der Waals surface area contributed by atoms with Gasteiger partial charge in [0.15, 0.2) is 5.69 Å². The first-order valence-corrected chi connectivity index (χ1v) is 7.50. The summed E-state index contributed by atoms with van der Waals surface area (Å²) < 4.78 is 1.81. The number of rotatable bonds is 3. The molecule has 0 saturated carbocycles. The lowest BCUT2D eigenvalue weighted by molar-refractivity contribution is 0.0526. The Morgan fingerprint density at radius 1 is 1.55 bits per heavy atom. The van der Waals surface area contributed by atoms with Crippen molar-refractivity contribution in [1.82, 2.24) is 14.7 Å². The van der Waals surface area contributed by atoms with E-state index in [2.05, 4.69) is 25.9 Å². The zero-order valence-electron chi connectivity index (χ0n) is 13.0. The maximum Gasteiger partial charge on any atom is 0.274 e. The minimum absolute atomic E-state index is 0.0227. The SMILES string of the molecule is CC(C)c1cc(C(=O)N2CCC[C@@H](C)[C@@H]2CN)nn1C. The molecule has 0 unspecified atom stereocenters. The largest absolute Gasteiger partial charge is 0.333 e. The van der Waals surface area contributed by atoms with Crippen molar-refractivity contribution < 1.29 is 4.79 Å². The van der Waals surface area contributed by atoms with E-state index >= 15 is 0 Å². The molecule has 1 fully saturated rings. The van der Waals surface area contributed by atoms with Gasteiger partial charge >= 0.3 is 0 Å². The number of carbonyl (C=O) groups excluding carboxylic acids is 1. The van der Waals surface area contributed by atoms with E-state index < -0.39 is 0 Å². The molecular formula is C15H26N4O. The normalized spacial score (nSPS) is 23.4. The van der Waals surface area contributed by atoms with Crippen LogP contribution in [-0.2, 0) is 7.05 Å². The maximum absolute atomic E-state index is 12.7. The summed E-state index contributed by atoms with van der Waals surface area (Å²) >= 11 is 0. The predicted molar refractivity (Wildman–Crippen MR) is 79.6 cm³/mol. The number of nitrogens with two attached hydrogens (primary N) is 1. The van der Waals surface area contributed by atoms with Crippen molar-refractivity contribution in [3.05, 3.63) is 17.5 Å². The van der Waals surface area contributed by atoms with Gasteiger partial charge in [0.05, 0.1) is 0 Å². The Balaban J connectivity index is 2.23. The molecule has 5 heteroatoms. The number of nitrogens with zero attached hydrogens (tertiary/aromatic N) is 3. The topological polar surface area (TPSA) is 64.2 Å². The molecule has 0 radical (unpaired) electrons. The number of amides is 1. The summed E-state index contributed by atoms with van der Waals surface area (Å²) in [5.74, 6) is 0.847. The van der Waals surface area contributed by atoms with Gasteiger partial charge in [0.1, 0.15) is 0 Å². The van der Waals surface area contributed by atoms with Gasteiger partial charge in [0.2, 0.25) is 0 Å². The molecule has 0 aromatic carbocycles. The molecule has 112 valence electrons. The van der Waals surface area contributed by atoms with Crippen molar-refractivity contribution in [2.45, 2.75) is 45.6 Å². The van der Waals surface area contributed by atoms with E-state index in [1.54, 1.807) is 0 Å². The highest BCUT2D eigenvalue weighted by Crippen LogP contribution is 2.25. The maximum atomic E-state index is 12.7. The number of likely N-dealkylation sites (tertiary alicyclic amines) is 1. The average Bonchev–Trinajstić information content (AvgIpc) is 2.80. The fourth-order valence-corrected chi connectivity index (χ4v) is 3.13. The molecule has 0 spiro atoms. The Bertz CT molecular complexity index is 480. The van der Waals surface area contributed by atoms with E-state index in [9.17, 15) is 4.79 Å². The van der Waals surface area contributed by atoms with E-state index in [4.69, 9.17) is 5.73 Å². The third-order valence-electron chi connectivity index (χ3n) is 4.34. The molecule has 2 atom stereocenters. The molecule has 0 bridgehead atoms. The van der Waals surface area contributed by atoms with Crippen molar-refractivity contribution in [1.29, 1.82) is 0 Å². The van der Waals surface area contributed by atoms with Crippen molar-refractivity contribution in [2.24, 2.45) is 18.7 Å². The smallest absolute Gasteiger partial charge is 0.274 e. The lowest BCUT2D eigenvalue weighted by atomic mass is 9.90. The molecule has 1 aromatic heterocycles. The third-order valence-corrected chi connectivity index (χ3v) is 4.34. The number of hydrogen-bond acceptors (Lipinski definition) is 3. The Morgan fingerprint density at radius 3 is 2.80 bits per heavy atom. The van der Waals surface area contributed by atoms with Crippen molar-refractivity contribution in [2.75, 3.05) is 13.1 Å². The molecule has 1 saturated heterocycles. The molecule has 1 amide bonds. The molecule has 0 aliphatic carbocycles. The van der Waals surface area contributed by atoms with E-state index in [-0.39, 0.29) is 11.9 Å². The molecule has 2 rings (SSSR count). The minimum atomic E-state index is 0.0227. The van der Waals surface area contributed by atoms with Crippen LogP contribution in [0.5, 0.6) is 0 Å². The summed E-state index contributed by atoms with van der Waals surface area (Å²) in [7, 11) is 1.89. The summed E-state index contributed by atoms with van der Waals surface area (Å²) in [6.07, 6.45) is 2.19. The Morgan fingerprint density at radius 2 is 2.25 bits per heavy atom. The summed E-state index contributed by atoms with van der Waals surface area (Å²) in [4.78, 5) is 14.6. The van der Waals surface area contributed by atoms with Gasteiger partial charge in [-0.25, -0.2) is 0 Å². The number of aromatic nitrogens is 2. The number of carbonyl (C=O) groups is 1. The highest BCUT2D eigenvalue weighted by Gasteiger charge is 2.32. The second kappa shape index (κ2) is 5.95. The lowest BCUT2D eigenvalue weighted by Crippen LogP contribution is -2.51. The predicted octanol–water partition coefficient (Wildman–Crippen LogP) is 1.74. The van der Waals surface area contributed by atoms with Crippen LogP contribution in [0.2, 0.25) is 0 Å². The molecule has 2 heterocycles. The standard InChI is InChI=1S/C15H26N4O/c1-10(2)13-8-12(17-18(13)4)15(20)19-7-5-6-11(3)14(19)9-16/h8,10-11,14H,5-7,9,16H2,1-4H3/t11-,14+/m1/s1. The van der Waals surface area contributed by atoms with E-state index in [0.29, 0.717) is 24.1 Å². The second-order valence-electron chi connectivity index (χ2n) is 6.15. The van der Waals surface area contributed by atoms with Gasteiger partial charge in [-0.05, 0) is 30.7 Å². The van der Waals surface area contributed by atoms with Crippen LogP contribution >= 0.6 is 0 Å². The zero-order chi connectivity index (χ0) is 14.9. The van der Waals surface area contributed by atoms with Crippen LogP contribution in [-0.4, -0.2) is 39.7 Å². The number of aryl methyl sites for hydroxylation is 1. The lowest BCUT2D eigenvalue weighted by Gasteiger charge is -2.39. The van der Waals surface area contributed by atoms with Gasteiger partial charge < -0.3 is 10.6 Å². The minimum Gasteiger partial charge on any atom is -0.333 e. The van der Waals surface area contributed by atoms with Crippen LogP contribution < -0.4 is 5.73 Å². The van der Waals surface area contributed by atoms with Gasteiger partial charge in [-0.15, -0.1) is 0 Å². The average molecular weight is 278 g/mol. The first-order valence-electron chi connectivity index (χ1n) is 7.50. The van der Waals surface area contributed by atoms with Crippen LogP contribution in [0.1, 0.15) is 55.7 Å². The summed E-state index contributed by atoms with van der Waals surface area (Å²) in [5.41, 5.74) is 7.49. The molecule has 1 aliphatic heterocycles. The molecular weight excluding hydrogens is 252 g/mol. The molecule has 1 aliphatic rings. The van der Waals surface area contributed by atoms with E-state index in [1.807, 2.05) is 22.7 Å². The monoisotopic (exact) mass is 278 g/mol. The number of piperidine rings is 1. The summed E-state index contributed by atoms with van der Waals surface area (Å²) in [6, 6.07) is 2.06. The summed E-state index contributed by atoms with van der Waals surface area (Å²) in [5, 5.41) is 4.39. The molecule has 2 N–H and O–H groups in total. The van der Waals surface area contributed by atoms with Crippen LogP contribution in [0.15, 0.2) is 6.07 Å². The van der Waals surface area contributed by atoms with Crippen LogP contribution in [0.3, 0.4) is 0 Å². The van der Waals surface area contributed by atoms with Gasteiger partial charge in [-0.3, -0.25) is 9.48 Å². The Hall–Kier alpha value is -1.36. The van der Waals surface area contributed by atoms with Gasteiger partial charge in [0, 0.05) is 31.9 Å². The third kappa shape index (κ3) is 2.73. The fourth-order valence-electron chi connectivity index (χ4n) is 3.13. The quantitative estimate of drug-likeness (QED) is 0.916. The first-order chi connectivity index (χ1) is 9.45. The highest BCUT2D eigenvalue weighted by molar-refractivity contribution is 5.92. The molecule has 1 aromatic rings. The Kier molecular flexibility index (Phi) is 4.48. The van der Waals surface area contributed by atoms with Crippen LogP contribution in [0, 0.1) is 5.92 Å². The van der Waals surface area contributed by atoms with Gasteiger partial charge in [0.25, 0.3) is 5.91 Å². The van der Waals surface area contributed by atoms with Crippen molar-refractivity contribution >= 4 is 5.91 Å². The zero-order valence-corrected chi connectivity index (χ0v) is 13.0. The van der Waals surface area contributed by atoms with Crippen LogP contribution in [0.25, 0.3) is 0 Å². The van der Waals surface area contributed by atoms with Gasteiger partial charge in [-0.2, -0.15) is 5.10 Å². The van der Waals surface area contributed by atoms with Crippen LogP contribution in [0.4, 0.5) is 0 Å². The van der Waals surface area contributed by atoms with Crippen molar-refractivity contribution in [3.63, 3.8) is 0 Å². The highest BCUT2D eigenvalue weighted by atomic mass is 16.2.